The van der Waals surface area contributed by atoms with E-state index in [0.29, 0.717) is 25.4 Å². The lowest BCUT2D eigenvalue weighted by Gasteiger charge is -2.09. The summed E-state index contributed by atoms with van der Waals surface area (Å²) in [6.07, 6.45) is 2.06. The maximum atomic E-state index is 11.6. The van der Waals surface area contributed by atoms with Gasteiger partial charge in [0.2, 0.25) is 12.0 Å². The molecule has 1 unspecified atom stereocenters. The molecule has 0 bridgehead atoms. The first-order chi connectivity index (χ1) is 9.56. The minimum Gasteiger partial charge on any atom is -0.477 e. The first-order valence-corrected chi connectivity index (χ1v) is 6.59. The second kappa shape index (κ2) is 6.36. The fraction of sp³-hybridized carbons (Fsp3) is 0.667. The van der Waals surface area contributed by atoms with Gasteiger partial charge in [0.05, 0.1) is 0 Å². The van der Waals surface area contributed by atoms with Crippen LogP contribution in [0.4, 0.5) is 0 Å². The highest BCUT2D eigenvalue weighted by molar-refractivity contribution is 6.36. The molecule has 1 aliphatic heterocycles. The minimum absolute atomic E-state index is 0.00429. The van der Waals surface area contributed by atoms with Gasteiger partial charge in [-0.3, -0.25) is 9.59 Å². The molecule has 1 heterocycles. The van der Waals surface area contributed by atoms with Gasteiger partial charge in [-0.2, -0.15) is 0 Å². The normalized spacial score (nSPS) is 20.8. The van der Waals surface area contributed by atoms with E-state index in [-0.39, 0.29) is 18.0 Å². The predicted octanol–water partition coefficient (Wildman–Crippen LogP) is -0.609. The van der Waals surface area contributed by atoms with Crippen molar-refractivity contribution in [1.29, 1.82) is 0 Å². The Hall–Kier alpha value is -2.12. The monoisotopic (exact) mass is 283 g/mol. The van der Waals surface area contributed by atoms with Crippen LogP contribution in [0.25, 0.3) is 0 Å². The first kappa shape index (κ1) is 14.3. The lowest BCUT2D eigenvalue weighted by molar-refractivity contribution is -0.131. The Morgan fingerprint density at radius 2 is 2.10 bits per heavy atom. The van der Waals surface area contributed by atoms with Crippen LogP contribution >= 0.6 is 0 Å². The summed E-state index contributed by atoms with van der Waals surface area (Å²) in [6, 6.07) is 0.343. The van der Waals surface area contributed by atoms with Crippen molar-refractivity contribution in [2.75, 3.05) is 6.54 Å². The van der Waals surface area contributed by atoms with Crippen LogP contribution in [0.15, 0.2) is 5.16 Å². The van der Waals surface area contributed by atoms with E-state index < -0.39 is 18.0 Å². The van der Waals surface area contributed by atoms with Crippen LogP contribution in [0.2, 0.25) is 0 Å². The van der Waals surface area contributed by atoms with Crippen molar-refractivity contribution in [3.05, 3.63) is 0 Å². The highest BCUT2D eigenvalue weighted by Crippen LogP contribution is 2.18. The van der Waals surface area contributed by atoms with Gasteiger partial charge in [-0.05, 0) is 19.3 Å². The number of carboxylic acid groups (broad SMARTS) is 1. The molecule has 110 valence electrons. The second-order valence-electron chi connectivity index (χ2n) is 4.88. The van der Waals surface area contributed by atoms with Crippen molar-refractivity contribution in [1.82, 2.24) is 10.6 Å². The van der Waals surface area contributed by atoms with Crippen molar-refractivity contribution < 1.29 is 24.3 Å². The molecule has 0 aromatic carbocycles. The number of rotatable bonds is 7. The standard InChI is InChI=1S/C12H17N3O5/c16-10(14-7-3-4-7)2-1-5-13-11(17)9-6-8(12(18)19)15-20-9/h7,9H,1-6H2,(H,13,17)(H,14,16)(H,18,19). The smallest absolute Gasteiger partial charge is 0.353 e. The third kappa shape index (κ3) is 4.22. The molecule has 2 amide bonds. The van der Waals surface area contributed by atoms with E-state index in [9.17, 15) is 14.4 Å². The number of oxime groups is 1. The topological polar surface area (TPSA) is 117 Å². The molecular formula is C12H17N3O5. The van der Waals surface area contributed by atoms with Gasteiger partial charge in [0.15, 0.2) is 5.71 Å². The number of carbonyl (C=O) groups excluding carboxylic acids is 2. The maximum absolute atomic E-state index is 11.6. The third-order valence-corrected chi connectivity index (χ3v) is 3.03. The van der Waals surface area contributed by atoms with Crippen molar-refractivity contribution >= 4 is 23.5 Å². The van der Waals surface area contributed by atoms with Gasteiger partial charge in [0, 0.05) is 25.4 Å². The highest BCUT2D eigenvalue weighted by atomic mass is 16.6. The second-order valence-corrected chi connectivity index (χ2v) is 4.88. The van der Waals surface area contributed by atoms with Crippen LogP contribution in [0.5, 0.6) is 0 Å². The largest absolute Gasteiger partial charge is 0.477 e. The summed E-state index contributed by atoms with van der Waals surface area (Å²) >= 11 is 0. The number of aliphatic carboxylic acids is 1. The first-order valence-electron chi connectivity index (χ1n) is 6.59. The zero-order valence-electron chi connectivity index (χ0n) is 10.9. The summed E-state index contributed by atoms with van der Waals surface area (Å²) in [6.45, 7) is 0.346. The van der Waals surface area contributed by atoms with E-state index in [1.807, 2.05) is 0 Å². The summed E-state index contributed by atoms with van der Waals surface area (Å²) in [5, 5.41) is 17.5. The van der Waals surface area contributed by atoms with Crippen LogP contribution in [0.1, 0.15) is 32.1 Å². The third-order valence-electron chi connectivity index (χ3n) is 3.03. The van der Waals surface area contributed by atoms with Crippen LogP contribution < -0.4 is 10.6 Å². The van der Waals surface area contributed by atoms with Crippen molar-refractivity contribution in [2.24, 2.45) is 5.16 Å². The minimum atomic E-state index is -1.18. The predicted molar refractivity (Wildman–Crippen MR) is 68.0 cm³/mol. The van der Waals surface area contributed by atoms with Crippen molar-refractivity contribution in [2.45, 2.75) is 44.2 Å². The van der Waals surface area contributed by atoms with E-state index in [1.165, 1.54) is 0 Å². The van der Waals surface area contributed by atoms with Gasteiger partial charge >= 0.3 is 5.97 Å². The molecule has 1 atom stereocenters. The Labute approximate surface area is 115 Å². The van der Waals surface area contributed by atoms with E-state index in [4.69, 9.17) is 9.94 Å². The van der Waals surface area contributed by atoms with Crippen molar-refractivity contribution in [3.8, 4) is 0 Å². The summed E-state index contributed by atoms with van der Waals surface area (Å²) in [7, 11) is 0. The number of amides is 2. The SMILES string of the molecule is O=C(CCCNC(=O)C1CC(C(=O)O)=NO1)NC1CC1. The highest BCUT2D eigenvalue weighted by Gasteiger charge is 2.31. The summed E-state index contributed by atoms with van der Waals surface area (Å²) in [5.74, 6) is -1.60. The van der Waals surface area contributed by atoms with Gasteiger partial charge < -0.3 is 20.6 Å². The number of nitrogens with zero attached hydrogens (tertiary/aromatic N) is 1. The van der Waals surface area contributed by atoms with Crippen LogP contribution in [0, 0.1) is 0 Å². The van der Waals surface area contributed by atoms with Gasteiger partial charge in [0.25, 0.3) is 5.91 Å². The number of nitrogens with one attached hydrogen (secondary N) is 2. The maximum Gasteiger partial charge on any atom is 0.353 e. The molecule has 0 saturated heterocycles. The van der Waals surface area contributed by atoms with Gasteiger partial charge in [0.1, 0.15) is 0 Å². The molecule has 0 spiro atoms. The number of carboxylic acids is 1. The fourth-order valence-electron chi connectivity index (χ4n) is 1.75. The number of hydrogen-bond acceptors (Lipinski definition) is 5. The zero-order valence-corrected chi connectivity index (χ0v) is 10.9. The number of hydrogen-bond donors (Lipinski definition) is 3. The van der Waals surface area contributed by atoms with E-state index in [2.05, 4.69) is 15.8 Å². The Morgan fingerprint density at radius 1 is 1.35 bits per heavy atom. The molecule has 20 heavy (non-hydrogen) atoms. The quantitative estimate of drug-likeness (QED) is 0.539. The Morgan fingerprint density at radius 3 is 2.70 bits per heavy atom. The molecule has 8 nitrogen and oxygen atoms in total. The summed E-state index contributed by atoms with van der Waals surface area (Å²) in [5.41, 5.74) is -0.158. The number of carbonyl (C=O) groups is 3. The molecule has 1 fully saturated rings. The average molecular weight is 283 g/mol. The molecule has 0 radical (unpaired) electrons. The van der Waals surface area contributed by atoms with Gasteiger partial charge in [-0.15, -0.1) is 0 Å². The molecule has 0 aromatic rings. The average Bonchev–Trinajstić information content (AvgIpc) is 3.07. The summed E-state index contributed by atoms with van der Waals surface area (Å²) < 4.78 is 0. The lowest BCUT2D eigenvalue weighted by atomic mass is 10.1. The Bertz CT molecular complexity index is 444. The van der Waals surface area contributed by atoms with Gasteiger partial charge in [-0.25, -0.2) is 4.79 Å². The lowest BCUT2D eigenvalue weighted by Crippen LogP contribution is -2.36. The summed E-state index contributed by atoms with van der Waals surface area (Å²) in [4.78, 5) is 38.4. The van der Waals surface area contributed by atoms with Gasteiger partial charge in [-0.1, -0.05) is 5.16 Å². The Balaban J connectivity index is 1.56. The molecule has 3 N–H and O–H groups in total. The molecule has 2 aliphatic rings. The molecular weight excluding hydrogens is 266 g/mol. The molecule has 1 saturated carbocycles. The van der Waals surface area contributed by atoms with Crippen molar-refractivity contribution in [3.63, 3.8) is 0 Å². The van der Waals surface area contributed by atoms with E-state index in [0.717, 1.165) is 12.8 Å². The molecule has 2 rings (SSSR count). The fourth-order valence-corrected chi connectivity index (χ4v) is 1.75. The van der Waals surface area contributed by atoms with Crippen LogP contribution in [-0.4, -0.2) is 47.3 Å². The van der Waals surface area contributed by atoms with Crippen LogP contribution in [0.3, 0.4) is 0 Å². The van der Waals surface area contributed by atoms with E-state index >= 15 is 0 Å². The Kier molecular flexibility index (Phi) is 4.54. The molecule has 1 aliphatic carbocycles. The van der Waals surface area contributed by atoms with E-state index in [1.54, 1.807) is 0 Å². The zero-order chi connectivity index (χ0) is 14.5. The van der Waals surface area contributed by atoms with Crippen LogP contribution in [-0.2, 0) is 19.2 Å². The molecule has 8 heteroatoms. The molecule has 0 aromatic heterocycles.